The number of benzene rings is 1. The number of hydrogen-bond acceptors (Lipinski definition) is 2. The van der Waals surface area contributed by atoms with E-state index in [0.717, 1.165) is 30.8 Å². The van der Waals surface area contributed by atoms with Gasteiger partial charge in [-0.15, -0.1) is 0 Å². The largest absolute Gasteiger partial charge is 0.494 e. The smallest absolute Gasteiger partial charge is 0.221 e. The number of carbonyl (C=O) groups excluding carboxylic acids is 1. The molecule has 0 unspecified atom stereocenters. The topological polar surface area (TPSA) is 26.3 Å². The molecule has 0 saturated heterocycles. The number of rotatable bonds is 7. The van der Waals surface area contributed by atoms with Crippen molar-refractivity contribution >= 4 is 16.8 Å². The van der Waals surface area contributed by atoms with Gasteiger partial charge in [-0.05, 0) is 42.1 Å². The van der Waals surface area contributed by atoms with Gasteiger partial charge in [-0.3, -0.25) is 4.79 Å². The van der Waals surface area contributed by atoms with Crippen LogP contribution in [0.1, 0.15) is 31.7 Å². The Balaban J connectivity index is 2.46. The lowest BCUT2D eigenvalue weighted by Crippen LogP contribution is -1.97. The monoisotopic (exact) mass is 240 g/mol. The van der Waals surface area contributed by atoms with Gasteiger partial charge in [0.05, 0.1) is 6.61 Å². The van der Waals surface area contributed by atoms with Gasteiger partial charge in [0.1, 0.15) is 5.75 Å². The zero-order valence-corrected chi connectivity index (χ0v) is 10.3. The van der Waals surface area contributed by atoms with Crippen LogP contribution in [0.5, 0.6) is 5.75 Å². The highest BCUT2D eigenvalue weighted by Gasteiger charge is 2.00. The van der Waals surface area contributed by atoms with Crippen LogP contribution in [0, 0.1) is 0 Å². The summed E-state index contributed by atoms with van der Waals surface area (Å²) in [6.45, 7) is 2.88. The third-order valence-electron chi connectivity index (χ3n) is 2.28. The van der Waals surface area contributed by atoms with Crippen LogP contribution in [0.15, 0.2) is 24.3 Å². The van der Waals surface area contributed by atoms with Gasteiger partial charge in [0, 0.05) is 6.42 Å². The average Bonchev–Trinajstić information content (AvgIpc) is 2.27. The minimum absolute atomic E-state index is 0.294. The van der Waals surface area contributed by atoms with Crippen LogP contribution in [0.3, 0.4) is 0 Å². The molecule has 0 aromatic heterocycles. The van der Waals surface area contributed by atoms with Gasteiger partial charge in [0.25, 0.3) is 0 Å². The summed E-state index contributed by atoms with van der Waals surface area (Å²) in [5.74, 6) is 0.868. The highest BCUT2D eigenvalue weighted by atomic mass is 35.5. The van der Waals surface area contributed by atoms with Gasteiger partial charge in [0.15, 0.2) is 0 Å². The fourth-order valence-electron chi connectivity index (χ4n) is 1.37. The highest BCUT2D eigenvalue weighted by molar-refractivity contribution is 6.63. The molecule has 0 amide bonds. The molecule has 0 aliphatic carbocycles. The van der Waals surface area contributed by atoms with E-state index < -0.39 is 0 Å². The summed E-state index contributed by atoms with van der Waals surface area (Å²) < 4.78 is 5.58. The fraction of sp³-hybridized carbons (Fsp3) is 0.462. The molecule has 0 fully saturated rings. The predicted octanol–water partition coefficient (Wildman–Crippen LogP) is 3.56. The predicted molar refractivity (Wildman–Crippen MR) is 66.0 cm³/mol. The van der Waals surface area contributed by atoms with Crippen molar-refractivity contribution in [3.63, 3.8) is 0 Å². The minimum atomic E-state index is -0.294. The van der Waals surface area contributed by atoms with Crippen LogP contribution in [0.2, 0.25) is 0 Å². The lowest BCUT2D eigenvalue weighted by Gasteiger charge is -2.06. The second-order valence-electron chi connectivity index (χ2n) is 3.70. The number of aryl methyl sites for hydroxylation is 1. The lowest BCUT2D eigenvalue weighted by molar-refractivity contribution is -0.111. The van der Waals surface area contributed by atoms with Crippen LogP contribution < -0.4 is 4.74 Å². The van der Waals surface area contributed by atoms with Gasteiger partial charge in [-0.2, -0.15) is 0 Å². The normalized spacial score (nSPS) is 10.1. The van der Waals surface area contributed by atoms with E-state index in [9.17, 15) is 4.79 Å². The van der Waals surface area contributed by atoms with Crippen LogP contribution >= 0.6 is 11.6 Å². The molecule has 1 rings (SSSR count). The standard InChI is InChI=1S/C13H17ClO2/c1-2-3-9-16-12-6-4-5-11(10-12)7-8-13(14)15/h4-6,10H,2-3,7-9H2,1H3. The molecule has 1 aromatic carbocycles. The van der Waals surface area contributed by atoms with Crippen molar-refractivity contribution in [1.82, 2.24) is 0 Å². The van der Waals surface area contributed by atoms with E-state index in [1.165, 1.54) is 0 Å². The molecule has 2 nitrogen and oxygen atoms in total. The molecule has 88 valence electrons. The van der Waals surface area contributed by atoms with Crippen LogP contribution in [0.4, 0.5) is 0 Å². The van der Waals surface area contributed by atoms with Gasteiger partial charge >= 0.3 is 0 Å². The Morgan fingerprint density at radius 2 is 2.25 bits per heavy atom. The molecule has 0 radical (unpaired) electrons. The second kappa shape index (κ2) is 7.29. The van der Waals surface area contributed by atoms with Gasteiger partial charge in [-0.1, -0.05) is 25.5 Å². The van der Waals surface area contributed by atoms with E-state index in [-0.39, 0.29) is 5.24 Å². The zero-order chi connectivity index (χ0) is 11.8. The quantitative estimate of drug-likeness (QED) is 0.538. The number of carbonyl (C=O) groups is 1. The maximum Gasteiger partial charge on any atom is 0.221 e. The van der Waals surface area contributed by atoms with Crippen molar-refractivity contribution in [3.05, 3.63) is 29.8 Å². The summed E-state index contributed by atoms with van der Waals surface area (Å²) in [7, 11) is 0. The Hall–Kier alpha value is -1.02. The Bertz CT molecular complexity index is 336. The SMILES string of the molecule is CCCCOc1cccc(CCC(=O)Cl)c1. The lowest BCUT2D eigenvalue weighted by atomic mass is 10.1. The summed E-state index contributed by atoms with van der Waals surface area (Å²) in [6, 6.07) is 7.82. The Morgan fingerprint density at radius 3 is 2.94 bits per heavy atom. The molecular formula is C13H17ClO2. The molecular weight excluding hydrogens is 224 g/mol. The van der Waals surface area contributed by atoms with Crippen molar-refractivity contribution in [2.75, 3.05) is 6.61 Å². The first kappa shape index (κ1) is 13.0. The van der Waals surface area contributed by atoms with Crippen molar-refractivity contribution in [3.8, 4) is 5.75 Å². The summed E-state index contributed by atoms with van der Waals surface area (Å²) in [4.78, 5) is 10.6. The summed E-state index contributed by atoms with van der Waals surface area (Å²) in [5.41, 5.74) is 1.09. The van der Waals surface area contributed by atoms with Crippen LogP contribution in [-0.2, 0) is 11.2 Å². The van der Waals surface area contributed by atoms with Gasteiger partial charge in [0.2, 0.25) is 5.24 Å². The van der Waals surface area contributed by atoms with Crippen molar-refractivity contribution in [2.45, 2.75) is 32.6 Å². The molecule has 0 saturated carbocycles. The number of unbranched alkanes of at least 4 members (excludes halogenated alkanes) is 1. The van der Waals surface area contributed by atoms with Gasteiger partial charge in [-0.25, -0.2) is 0 Å². The van der Waals surface area contributed by atoms with E-state index >= 15 is 0 Å². The number of ether oxygens (including phenoxy) is 1. The number of halogens is 1. The van der Waals surface area contributed by atoms with E-state index in [4.69, 9.17) is 16.3 Å². The molecule has 0 bridgehead atoms. The van der Waals surface area contributed by atoms with E-state index in [0.29, 0.717) is 12.8 Å². The van der Waals surface area contributed by atoms with Crippen molar-refractivity contribution in [2.24, 2.45) is 0 Å². The van der Waals surface area contributed by atoms with Gasteiger partial charge < -0.3 is 4.74 Å². The molecule has 0 aliphatic rings. The molecule has 16 heavy (non-hydrogen) atoms. The molecule has 0 aliphatic heterocycles. The summed E-state index contributed by atoms with van der Waals surface area (Å²) >= 11 is 5.30. The summed E-state index contributed by atoms with van der Waals surface area (Å²) in [6.07, 6.45) is 3.23. The maximum atomic E-state index is 10.6. The molecule has 3 heteroatoms. The zero-order valence-electron chi connectivity index (χ0n) is 9.54. The Morgan fingerprint density at radius 1 is 1.44 bits per heavy atom. The first-order chi connectivity index (χ1) is 7.72. The third-order valence-corrected chi connectivity index (χ3v) is 2.46. The third kappa shape index (κ3) is 5.17. The first-order valence-electron chi connectivity index (χ1n) is 5.62. The van der Waals surface area contributed by atoms with E-state index in [1.807, 2.05) is 24.3 Å². The summed E-state index contributed by atoms with van der Waals surface area (Å²) in [5, 5.41) is -0.294. The Kier molecular flexibility index (Phi) is 5.94. The van der Waals surface area contributed by atoms with Crippen LogP contribution in [0.25, 0.3) is 0 Å². The molecule has 0 heterocycles. The van der Waals surface area contributed by atoms with Crippen molar-refractivity contribution in [1.29, 1.82) is 0 Å². The Labute approximate surface area is 102 Å². The molecule has 0 spiro atoms. The molecule has 0 N–H and O–H groups in total. The van der Waals surface area contributed by atoms with Crippen LogP contribution in [-0.4, -0.2) is 11.8 Å². The molecule has 0 atom stereocenters. The molecule has 1 aromatic rings. The fourth-order valence-corrected chi connectivity index (χ4v) is 1.46. The minimum Gasteiger partial charge on any atom is -0.494 e. The van der Waals surface area contributed by atoms with E-state index in [1.54, 1.807) is 0 Å². The van der Waals surface area contributed by atoms with E-state index in [2.05, 4.69) is 6.92 Å². The maximum absolute atomic E-state index is 10.6. The average molecular weight is 241 g/mol. The second-order valence-corrected chi connectivity index (χ2v) is 4.13. The highest BCUT2D eigenvalue weighted by Crippen LogP contribution is 2.15. The van der Waals surface area contributed by atoms with Crippen molar-refractivity contribution < 1.29 is 9.53 Å². The number of hydrogen-bond donors (Lipinski definition) is 0. The first-order valence-corrected chi connectivity index (χ1v) is 6.00.